The zero-order valence-electron chi connectivity index (χ0n) is 9.20. The van der Waals surface area contributed by atoms with Gasteiger partial charge in [0.25, 0.3) is 0 Å². The van der Waals surface area contributed by atoms with Crippen molar-refractivity contribution in [2.75, 3.05) is 20.1 Å². The summed E-state index contributed by atoms with van der Waals surface area (Å²) >= 11 is 7.38. The van der Waals surface area contributed by atoms with Gasteiger partial charge >= 0.3 is 0 Å². The molecular formula is C11H15ClN2OS. The van der Waals surface area contributed by atoms with Crippen molar-refractivity contribution >= 4 is 28.8 Å². The highest BCUT2D eigenvalue weighted by atomic mass is 35.5. The molecule has 1 amide bonds. The van der Waals surface area contributed by atoms with Gasteiger partial charge in [0.2, 0.25) is 5.91 Å². The number of thiophene rings is 1. The minimum absolute atomic E-state index is 0.219. The SMILES string of the molecule is CN(Cc1ccc(Cl)s1)C(=O)CC1CNC1. The number of nitrogens with one attached hydrogen (secondary N) is 1. The molecule has 1 saturated heterocycles. The molecule has 1 aromatic rings. The summed E-state index contributed by atoms with van der Waals surface area (Å²) in [6.07, 6.45) is 0.655. The van der Waals surface area contributed by atoms with Crippen molar-refractivity contribution in [1.29, 1.82) is 0 Å². The van der Waals surface area contributed by atoms with Crippen molar-refractivity contribution in [2.24, 2.45) is 5.92 Å². The van der Waals surface area contributed by atoms with Crippen LogP contribution in [0.25, 0.3) is 0 Å². The van der Waals surface area contributed by atoms with E-state index in [1.54, 1.807) is 4.90 Å². The summed E-state index contributed by atoms with van der Waals surface area (Å²) in [4.78, 5) is 14.7. The summed E-state index contributed by atoms with van der Waals surface area (Å²) in [5.74, 6) is 0.748. The van der Waals surface area contributed by atoms with E-state index in [0.717, 1.165) is 22.3 Å². The number of halogens is 1. The zero-order valence-corrected chi connectivity index (χ0v) is 10.8. The van der Waals surface area contributed by atoms with E-state index in [2.05, 4.69) is 5.32 Å². The lowest BCUT2D eigenvalue weighted by Gasteiger charge is -2.28. The Kier molecular flexibility index (Phi) is 3.84. The van der Waals surface area contributed by atoms with E-state index in [1.165, 1.54) is 11.3 Å². The van der Waals surface area contributed by atoms with Gasteiger partial charge < -0.3 is 10.2 Å². The third kappa shape index (κ3) is 2.97. The Morgan fingerprint density at radius 2 is 2.38 bits per heavy atom. The summed E-state index contributed by atoms with van der Waals surface area (Å²) in [6.45, 7) is 2.62. The molecule has 0 spiro atoms. The molecular weight excluding hydrogens is 244 g/mol. The van der Waals surface area contributed by atoms with Crippen molar-refractivity contribution in [3.63, 3.8) is 0 Å². The summed E-state index contributed by atoms with van der Waals surface area (Å²) in [5, 5.41) is 3.17. The maximum atomic E-state index is 11.8. The number of carbonyl (C=O) groups excluding carboxylic acids is 1. The van der Waals surface area contributed by atoms with Gasteiger partial charge in [-0.25, -0.2) is 0 Å². The van der Waals surface area contributed by atoms with Crippen molar-refractivity contribution < 1.29 is 4.79 Å². The van der Waals surface area contributed by atoms with E-state index in [1.807, 2.05) is 19.2 Å². The largest absolute Gasteiger partial charge is 0.341 e. The predicted octanol–water partition coefficient (Wildman–Crippen LogP) is 1.97. The van der Waals surface area contributed by atoms with Crippen molar-refractivity contribution in [2.45, 2.75) is 13.0 Å². The van der Waals surface area contributed by atoms with Crippen molar-refractivity contribution in [3.05, 3.63) is 21.3 Å². The van der Waals surface area contributed by atoms with E-state index >= 15 is 0 Å². The molecule has 1 N–H and O–H groups in total. The maximum absolute atomic E-state index is 11.8. The van der Waals surface area contributed by atoms with E-state index in [0.29, 0.717) is 18.9 Å². The van der Waals surface area contributed by atoms with Crippen molar-refractivity contribution in [1.82, 2.24) is 10.2 Å². The first-order valence-electron chi connectivity index (χ1n) is 5.34. The molecule has 0 bridgehead atoms. The first kappa shape index (κ1) is 11.9. The molecule has 0 aliphatic carbocycles. The van der Waals surface area contributed by atoms with Crippen LogP contribution in [0.2, 0.25) is 4.34 Å². The molecule has 1 aliphatic rings. The molecule has 1 aliphatic heterocycles. The summed E-state index contributed by atoms with van der Waals surface area (Å²) in [7, 11) is 1.85. The Labute approximate surface area is 104 Å². The Morgan fingerprint density at radius 1 is 1.62 bits per heavy atom. The lowest BCUT2D eigenvalue weighted by molar-refractivity contribution is -0.131. The van der Waals surface area contributed by atoms with Gasteiger partial charge in [0, 0.05) is 18.3 Å². The fraction of sp³-hybridized carbons (Fsp3) is 0.545. The van der Waals surface area contributed by atoms with Crippen LogP contribution in [0.4, 0.5) is 0 Å². The van der Waals surface area contributed by atoms with Gasteiger partial charge in [-0.05, 0) is 31.1 Å². The fourth-order valence-corrected chi connectivity index (χ4v) is 2.80. The molecule has 88 valence electrons. The van der Waals surface area contributed by atoms with Crippen LogP contribution >= 0.6 is 22.9 Å². The monoisotopic (exact) mass is 258 g/mol. The van der Waals surface area contributed by atoms with Gasteiger partial charge in [-0.15, -0.1) is 11.3 Å². The van der Waals surface area contributed by atoms with Gasteiger partial charge in [-0.3, -0.25) is 4.79 Å². The van der Waals surface area contributed by atoms with Gasteiger partial charge in [-0.2, -0.15) is 0 Å². The molecule has 2 heterocycles. The molecule has 3 nitrogen and oxygen atoms in total. The van der Waals surface area contributed by atoms with Crippen LogP contribution in [0, 0.1) is 5.92 Å². The second kappa shape index (κ2) is 5.17. The number of rotatable bonds is 4. The predicted molar refractivity (Wildman–Crippen MR) is 66.8 cm³/mol. The minimum atomic E-state index is 0.219. The molecule has 5 heteroatoms. The molecule has 0 radical (unpaired) electrons. The summed E-state index contributed by atoms with van der Waals surface area (Å²) in [5.41, 5.74) is 0. The Hall–Kier alpha value is -0.580. The number of nitrogens with zero attached hydrogens (tertiary/aromatic N) is 1. The molecule has 1 fully saturated rings. The standard InChI is InChI=1S/C11H15ClN2OS/c1-14(7-9-2-3-10(12)16-9)11(15)4-8-5-13-6-8/h2-3,8,13H,4-7H2,1H3. The first-order valence-corrected chi connectivity index (χ1v) is 6.53. The van der Waals surface area contributed by atoms with Crippen LogP contribution in [-0.2, 0) is 11.3 Å². The quantitative estimate of drug-likeness (QED) is 0.896. The average Bonchev–Trinajstić information content (AvgIpc) is 2.57. The highest BCUT2D eigenvalue weighted by Crippen LogP contribution is 2.22. The molecule has 0 aromatic carbocycles. The number of amides is 1. The highest BCUT2D eigenvalue weighted by Gasteiger charge is 2.22. The normalized spacial score (nSPS) is 15.9. The van der Waals surface area contributed by atoms with E-state index in [4.69, 9.17) is 11.6 Å². The Bertz CT molecular complexity index is 376. The molecule has 2 rings (SSSR count). The average molecular weight is 259 g/mol. The number of hydrogen-bond acceptors (Lipinski definition) is 3. The lowest BCUT2D eigenvalue weighted by Crippen LogP contribution is -2.44. The van der Waals surface area contributed by atoms with Gasteiger partial charge in [0.1, 0.15) is 0 Å². The summed E-state index contributed by atoms with van der Waals surface area (Å²) < 4.78 is 0.777. The highest BCUT2D eigenvalue weighted by molar-refractivity contribution is 7.16. The van der Waals surface area contributed by atoms with Gasteiger partial charge in [-0.1, -0.05) is 11.6 Å². The molecule has 0 unspecified atom stereocenters. The number of hydrogen-bond donors (Lipinski definition) is 1. The summed E-state index contributed by atoms with van der Waals surface area (Å²) in [6, 6.07) is 3.84. The van der Waals surface area contributed by atoms with Gasteiger partial charge in [0.05, 0.1) is 10.9 Å². The Morgan fingerprint density at radius 3 is 2.88 bits per heavy atom. The van der Waals surface area contributed by atoms with E-state index in [-0.39, 0.29) is 5.91 Å². The topological polar surface area (TPSA) is 32.3 Å². The maximum Gasteiger partial charge on any atom is 0.223 e. The lowest BCUT2D eigenvalue weighted by atomic mass is 9.99. The minimum Gasteiger partial charge on any atom is -0.341 e. The van der Waals surface area contributed by atoms with Crippen LogP contribution in [-0.4, -0.2) is 30.9 Å². The third-order valence-electron chi connectivity index (χ3n) is 2.78. The van der Waals surface area contributed by atoms with Crippen LogP contribution in [0.1, 0.15) is 11.3 Å². The van der Waals surface area contributed by atoms with Crippen molar-refractivity contribution in [3.8, 4) is 0 Å². The smallest absolute Gasteiger partial charge is 0.223 e. The van der Waals surface area contributed by atoms with Crippen LogP contribution in [0.5, 0.6) is 0 Å². The molecule has 0 atom stereocenters. The third-order valence-corrected chi connectivity index (χ3v) is 3.99. The second-order valence-corrected chi connectivity index (χ2v) is 5.98. The zero-order chi connectivity index (χ0) is 11.5. The van der Waals surface area contributed by atoms with E-state index in [9.17, 15) is 4.79 Å². The first-order chi connectivity index (χ1) is 7.65. The van der Waals surface area contributed by atoms with Crippen LogP contribution < -0.4 is 5.32 Å². The fourth-order valence-electron chi connectivity index (χ4n) is 1.65. The molecule has 0 saturated carbocycles. The number of carbonyl (C=O) groups is 1. The van der Waals surface area contributed by atoms with Gasteiger partial charge in [0.15, 0.2) is 0 Å². The van der Waals surface area contributed by atoms with Crippen LogP contribution in [0.15, 0.2) is 12.1 Å². The van der Waals surface area contributed by atoms with Crippen LogP contribution in [0.3, 0.4) is 0 Å². The molecule has 16 heavy (non-hydrogen) atoms. The Balaban J connectivity index is 1.82. The second-order valence-electron chi connectivity index (χ2n) is 4.18. The van der Waals surface area contributed by atoms with E-state index < -0.39 is 0 Å². The molecule has 1 aromatic heterocycles.